The van der Waals surface area contributed by atoms with Crippen LogP contribution in [0.25, 0.3) is 6.08 Å². The van der Waals surface area contributed by atoms with Crippen molar-refractivity contribution in [3.8, 4) is 17.2 Å². The SMILES string of the molecule is COc1ccc(/C=C2\C(=O)NC(=O)N(c3ccc(OCc4ccc(Cl)cc4Cl)cc3)C2=O)c(OCc2cccc(Cl)c2)c1. The molecule has 4 aromatic carbocycles. The quantitative estimate of drug-likeness (QED) is 0.151. The van der Waals surface area contributed by atoms with E-state index in [0.717, 1.165) is 16.0 Å². The second-order valence-corrected chi connectivity index (χ2v) is 10.6. The Hall–Kier alpha value is -4.50. The second kappa shape index (κ2) is 13.2. The molecule has 0 saturated carbocycles. The molecule has 11 heteroatoms. The average molecular weight is 638 g/mol. The van der Waals surface area contributed by atoms with E-state index in [1.54, 1.807) is 66.7 Å². The second-order valence-electron chi connectivity index (χ2n) is 9.30. The van der Waals surface area contributed by atoms with Crippen molar-refractivity contribution < 1.29 is 28.6 Å². The number of carbonyl (C=O) groups is 3. The van der Waals surface area contributed by atoms with Gasteiger partial charge in [0.05, 0.1) is 12.8 Å². The van der Waals surface area contributed by atoms with Gasteiger partial charge in [0.15, 0.2) is 0 Å². The van der Waals surface area contributed by atoms with E-state index < -0.39 is 17.8 Å². The van der Waals surface area contributed by atoms with Gasteiger partial charge in [-0.05, 0) is 72.3 Å². The number of imide groups is 2. The van der Waals surface area contributed by atoms with Crippen LogP contribution in [0.3, 0.4) is 0 Å². The molecule has 0 aliphatic carbocycles. The van der Waals surface area contributed by atoms with Crippen LogP contribution in [0.1, 0.15) is 16.7 Å². The van der Waals surface area contributed by atoms with E-state index in [9.17, 15) is 14.4 Å². The lowest BCUT2D eigenvalue weighted by molar-refractivity contribution is -0.122. The highest BCUT2D eigenvalue weighted by Gasteiger charge is 2.37. The van der Waals surface area contributed by atoms with Crippen molar-refractivity contribution in [3.05, 3.63) is 122 Å². The summed E-state index contributed by atoms with van der Waals surface area (Å²) in [5.74, 6) is -0.279. The third kappa shape index (κ3) is 7.11. The summed E-state index contributed by atoms with van der Waals surface area (Å²) in [6, 6.07) is 22.6. The highest BCUT2D eigenvalue weighted by molar-refractivity contribution is 6.39. The van der Waals surface area contributed by atoms with Gasteiger partial charge in [0.25, 0.3) is 11.8 Å². The van der Waals surface area contributed by atoms with Crippen LogP contribution in [0.5, 0.6) is 17.2 Å². The summed E-state index contributed by atoms with van der Waals surface area (Å²) < 4.78 is 17.1. The molecule has 1 N–H and O–H groups in total. The number of nitrogens with zero attached hydrogens (tertiary/aromatic N) is 1. The molecule has 0 bridgehead atoms. The maximum absolute atomic E-state index is 13.5. The zero-order valence-electron chi connectivity index (χ0n) is 22.6. The van der Waals surface area contributed by atoms with Crippen molar-refractivity contribution in [1.29, 1.82) is 0 Å². The lowest BCUT2D eigenvalue weighted by atomic mass is 10.1. The van der Waals surface area contributed by atoms with Crippen LogP contribution >= 0.6 is 34.8 Å². The predicted molar refractivity (Wildman–Crippen MR) is 165 cm³/mol. The van der Waals surface area contributed by atoms with E-state index in [4.69, 9.17) is 49.0 Å². The maximum Gasteiger partial charge on any atom is 0.335 e. The number of anilines is 1. The van der Waals surface area contributed by atoms with Gasteiger partial charge >= 0.3 is 6.03 Å². The Morgan fingerprint density at radius 1 is 0.791 bits per heavy atom. The number of hydrogen-bond donors (Lipinski definition) is 1. The number of nitrogens with one attached hydrogen (secondary N) is 1. The number of ether oxygens (including phenoxy) is 3. The number of hydrogen-bond acceptors (Lipinski definition) is 6. The summed E-state index contributed by atoms with van der Waals surface area (Å²) in [4.78, 5) is 39.9. The zero-order valence-corrected chi connectivity index (χ0v) is 24.9. The van der Waals surface area contributed by atoms with Gasteiger partial charge in [-0.15, -0.1) is 0 Å². The van der Waals surface area contributed by atoms with Gasteiger partial charge in [-0.3, -0.25) is 14.9 Å². The van der Waals surface area contributed by atoms with E-state index in [0.29, 0.717) is 37.9 Å². The lowest BCUT2D eigenvalue weighted by Gasteiger charge is -2.26. The summed E-state index contributed by atoms with van der Waals surface area (Å²) in [7, 11) is 1.51. The third-order valence-corrected chi connectivity index (χ3v) is 7.23. The van der Waals surface area contributed by atoms with Gasteiger partial charge in [0.2, 0.25) is 0 Å². The van der Waals surface area contributed by atoms with Gasteiger partial charge in [-0.2, -0.15) is 0 Å². The summed E-state index contributed by atoms with van der Waals surface area (Å²) in [5, 5.41) is 3.78. The van der Waals surface area contributed by atoms with E-state index in [2.05, 4.69) is 5.32 Å². The van der Waals surface area contributed by atoms with Crippen LogP contribution < -0.4 is 24.4 Å². The fraction of sp³-hybridized carbons (Fsp3) is 0.0938. The van der Waals surface area contributed by atoms with Crippen molar-refractivity contribution in [2.45, 2.75) is 13.2 Å². The smallest absolute Gasteiger partial charge is 0.335 e. The predicted octanol–water partition coefficient (Wildman–Crippen LogP) is 7.48. The van der Waals surface area contributed by atoms with Gasteiger partial charge in [-0.25, -0.2) is 9.69 Å². The molecule has 4 aromatic rings. The van der Waals surface area contributed by atoms with Gasteiger partial charge in [0.1, 0.15) is 36.0 Å². The van der Waals surface area contributed by atoms with Crippen LogP contribution in [0.15, 0.2) is 90.5 Å². The number of amides is 4. The van der Waals surface area contributed by atoms with E-state index in [1.165, 1.54) is 25.3 Å². The first-order chi connectivity index (χ1) is 20.7. The largest absolute Gasteiger partial charge is 0.497 e. The minimum atomic E-state index is -0.874. The molecule has 5 rings (SSSR count). The van der Waals surface area contributed by atoms with E-state index >= 15 is 0 Å². The van der Waals surface area contributed by atoms with E-state index in [1.807, 2.05) is 6.07 Å². The standard InChI is InChI=1S/C32H23Cl3N2O6/c1-41-26-10-6-20(29(16-26)43-17-19-3-2-4-22(33)13-19)14-27-30(38)36-32(40)37(31(27)39)24-8-11-25(12-9-24)42-18-21-5-7-23(34)15-28(21)35/h2-16H,17-18H2,1H3,(H,36,38,40)/b27-14+. The minimum Gasteiger partial charge on any atom is -0.497 e. The Labute approximate surface area is 262 Å². The Kier molecular flexibility index (Phi) is 9.21. The molecule has 0 unspecified atom stereocenters. The Bertz CT molecular complexity index is 1740. The van der Waals surface area contributed by atoms with Crippen molar-refractivity contribution in [3.63, 3.8) is 0 Å². The number of urea groups is 1. The molecule has 0 aromatic heterocycles. The number of halogens is 3. The minimum absolute atomic E-state index is 0.174. The number of methoxy groups -OCH3 is 1. The van der Waals surface area contributed by atoms with Crippen molar-refractivity contribution in [2.75, 3.05) is 12.0 Å². The summed E-state index contributed by atoms with van der Waals surface area (Å²) in [5.41, 5.74) is 1.98. The molecule has 43 heavy (non-hydrogen) atoms. The molecule has 4 amide bonds. The number of barbiturate groups is 1. The van der Waals surface area contributed by atoms with Crippen LogP contribution in [-0.2, 0) is 22.8 Å². The topological polar surface area (TPSA) is 94.2 Å². The lowest BCUT2D eigenvalue weighted by Crippen LogP contribution is -2.54. The first-order valence-electron chi connectivity index (χ1n) is 12.9. The van der Waals surface area contributed by atoms with Gasteiger partial charge < -0.3 is 14.2 Å². The maximum atomic E-state index is 13.5. The summed E-state index contributed by atoms with van der Waals surface area (Å²) in [6.45, 7) is 0.358. The van der Waals surface area contributed by atoms with Crippen molar-refractivity contribution in [1.82, 2.24) is 5.32 Å². The van der Waals surface area contributed by atoms with Gasteiger partial charge in [-0.1, -0.05) is 53.0 Å². The highest BCUT2D eigenvalue weighted by Crippen LogP contribution is 2.31. The monoisotopic (exact) mass is 636 g/mol. The third-order valence-electron chi connectivity index (χ3n) is 6.41. The number of carbonyl (C=O) groups excluding carboxylic acids is 3. The molecular formula is C32H23Cl3N2O6. The number of benzene rings is 4. The highest BCUT2D eigenvalue weighted by atomic mass is 35.5. The first kappa shape index (κ1) is 30.0. The van der Waals surface area contributed by atoms with E-state index in [-0.39, 0.29) is 24.5 Å². The fourth-order valence-electron chi connectivity index (χ4n) is 4.21. The first-order valence-corrected chi connectivity index (χ1v) is 14.0. The Morgan fingerprint density at radius 2 is 1.53 bits per heavy atom. The molecule has 218 valence electrons. The Morgan fingerprint density at radius 3 is 2.26 bits per heavy atom. The van der Waals surface area contributed by atoms with Gasteiger partial charge in [0, 0.05) is 32.3 Å². The average Bonchev–Trinajstić information content (AvgIpc) is 2.98. The molecule has 8 nitrogen and oxygen atoms in total. The summed E-state index contributed by atoms with van der Waals surface area (Å²) in [6.07, 6.45) is 1.37. The Balaban J connectivity index is 1.36. The van der Waals surface area contributed by atoms with Crippen LogP contribution in [-0.4, -0.2) is 25.0 Å². The zero-order chi connectivity index (χ0) is 30.5. The fourth-order valence-corrected chi connectivity index (χ4v) is 4.89. The molecule has 1 aliphatic heterocycles. The van der Waals surface area contributed by atoms with Crippen molar-refractivity contribution >= 4 is 64.4 Å². The van der Waals surface area contributed by atoms with Crippen LogP contribution in [0, 0.1) is 0 Å². The molecule has 1 aliphatic rings. The molecule has 0 spiro atoms. The molecule has 1 heterocycles. The molecular weight excluding hydrogens is 615 g/mol. The van der Waals surface area contributed by atoms with Crippen molar-refractivity contribution in [2.24, 2.45) is 0 Å². The molecule has 1 fully saturated rings. The molecule has 0 atom stereocenters. The molecule has 1 saturated heterocycles. The normalized spacial score (nSPS) is 14.1. The number of rotatable bonds is 9. The van der Waals surface area contributed by atoms with Crippen LogP contribution in [0.4, 0.5) is 10.5 Å². The summed E-state index contributed by atoms with van der Waals surface area (Å²) >= 11 is 18.2. The van der Waals surface area contributed by atoms with Crippen LogP contribution in [0.2, 0.25) is 15.1 Å². The molecule has 0 radical (unpaired) electrons.